The number of hydrogen-bond acceptors (Lipinski definition) is 7. The maximum Gasteiger partial charge on any atom is 0.514 e. The van der Waals surface area contributed by atoms with Crippen LogP contribution in [0.15, 0.2) is 57.5 Å². The molecule has 0 atom stereocenters. The zero-order chi connectivity index (χ0) is 19.4. The molecule has 9 heteroatoms. The van der Waals surface area contributed by atoms with Crippen LogP contribution >= 0.6 is 15.9 Å². The Morgan fingerprint density at radius 1 is 1.19 bits per heavy atom. The Bertz CT molecular complexity index is 967. The lowest BCUT2D eigenvalue weighted by Crippen LogP contribution is -2.11. The molecule has 0 amide bonds. The molecule has 2 aromatic carbocycles. The number of nitro benzene ring substituents is 1. The Kier molecular flexibility index (Phi) is 5.51. The largest absolute Gasteiger partial charge is 0.514 e. The molecule has 0 fully saturated rings. The van der Waals surface area contributed by atoms with E-state index in [0.717, 1.165) is 10.0 Å². The van der Waals surface area contributed by atoms with Gasteiger partial charge in [0, 0.05) is 22.2 Å². The fourth-order valence-corrected chi connectivity index (χ4v) is 2.55. The molecule has 0 saturated heterocycles. The van der Waals surface area contributed by atoms with Gasteiger partial charge in [0.05, 0.1) is 10.5 Å². The highest BCUT2D eigenvalue weighted by atomic mass is 79.9. The molecule has 0 radical (unpaired) electrons. The number of ether oxygens (including phenoxy) is 2. The van der Waals surface area contributed by atoms with E-state index in [1.54, 1.807) is 6.92 Å². The number of benzene rings is 2. The second-order valence-corrected chi connectivity index (χ2v) is 6.38. The number of nitrogens with zero attached hydrogens (tertiary/aromatic N) is 2. The number of carbonyl (C=O) groups excluding carboxylic acids is 1. The molecule has 1 aromatic heterocycles. The molecule has 0 aliphatic carbocycles. The number of aromatic nitrogens is 1. The van der Waals surface area contributed by atoms with E-state index in [4.69, 9.17) is 14.0 Å². The molecule has 0 saturated carbocycles. The van der Waals surface area contributed by atoms with E-state index in [1.807, 2.05) is 24.3 Å². The van der Waals surface area contributed by atoms with Crippen LogP contribution in [0.5, 0.6) is 5.75 Å². The van der Waals surface area contributed by atoms with E-state index in [9.17, 15) is 14.9 Å². The number of halogens is 1. The summed E-state index contributed by atoms with van der Waals surface area (Å²) in [5.74, 6) is 0.664. The maximum atomic E-state index is 11.9. The van der Waals surface area contributed by atoms with Crippen LogP contribution in [0.3, 0.4) is 0 Å². The van der Waals surface area contributed by atoms with Crippen LogP contribution in [0.25, 0.3) is 11.3 Å². The standard InChI is InChI=1S/C18H13BrN2O6/c1-11-16(17(20-27-11)12-2-4-13(19)5-3-12)10-25-18(22)26-15-8-6-14(7-9-15)21(23)24/h2-9H,10H2,1H3. The number of hydrogen-bond donors (Lipinski definition) is 0. The molecule has 0 bridgehead atoms. The van der Waals surface area contributed by atoms with E-state index in [-0.39, 0.29) is 18.0 Å². The van der Waals surface area contributed by atoms with Gasteiger partial charge in [0.15, 0.2) is 0 Å². The van der Waals surface area contributed by atoms with Crippen molar-refractivity contribution in [1.29, 1.82) is 0 Å². The zero-order valence-electron chi connectivity index (χ0n) is 14.0. The fourth-order valence-electron chi connectivity index (χ4n) is 2.29. The first-order valence-corrected chi connectivity index (χ1v) is 8.53. The van der Waals surface area contributed by atoms with E-state index in [1.165, 1.54) is 24.3 Å². The molecule has 0 unspecified atom stereocenters. The smallest absolute Gasteiger partial charge is 0.429 e. The van der Waals surface area contributed by atoms with Crippen molar-refractivity contribution in [2.24, 2.45) is 0 Å². The summed E-state index contributed by atoms with van der Waals surface area (Å²) in [6.45, 7) is 1.63. The summed E-state index contributed by atoms with van der Waals surface area (Å²) in [6, 6.07) is 12.6. The van der Waals surface area contributed by atoms with E-state index in [0.29, 0.717) is 17.0 Å². The van der Waals surface area contributed by atoms with Gasteiger partial charge in [-0.25, -0.2) is 4.79 Å². The Morgan fingerprint density at radius 3 is 2.48 bits per heavy atom. The van der Waals surface area contributed by atoms with E-state index in [2.05, 4.69) is 21.1 Å². The van der Waals surface area contributed by atoms with Crippen molar-refractivity contribution in [1.82, 2.24) is 5.16 Å². The summed E-state index contributed by atoms with van der Waals surface area (Å²) in [5.41, 5.74) is 1.91. The van der Waals surface area contributed by atoms with Gasteiger partial charge < -0.3 is 14.0 Å². The van der Waals surface area contributed by atoms with Crippen molar-refractivity contribution in [2.75, 3.05) is 0 Å². The van der Waals surface area contributed by atoms with Crippen molar-refractivity contribution in [3.05, 3.63) is 74.4 Å². The number of nitro groups is 1. The van der Waals surface area contributed by atoms with Gasteiger partial charge in [0.2, 0.25) is 0 Å². The van der Waals surface area contributed by atoms with Gasteiger partial charge in [-0.3, -0.25) is 10.1 Å². The third-order valence-electron chi connectivity index (χ3n) is 3.69. The third kappa shape index (κ3) is 4.50. The Morgan fingerprint density at radius 2 is 1.85 bits per heavy atom. The summed E-state index contributed by atoms with van der Waals surface area (Å²) < 4.78 is 16.3. The SMILES string of the molecule is Cc1onc(-c2ccc(Br)cc2)c1COC(=O)Oc1ccc([N+](=O)[O-])cc1. The van der Waals surface area contributed by atoms with Crippen molar-refractivity contribution in [2.45, 2.75) is 13.5 Å². The lowest BCUT2D eigenvalue weighted by Gasteiger charge is -2.06. The molecular weight excluding hydrogens is 420 g/mol. The first kappa shape index (κ1) is 18.6. The molecule has 0 N–H and O–H groups in total. The van der Waals surface area contributed by atoms with Crippen LogP contribution in [0.4, 0.5) is 10.5 Å². The predicted octanol–water partition coefficient (Wildman–Crippen LogP) is 5.04. The monoisotopic (exact) mass is 432 g/mol. The topological polar surface area (TPSA) is 105 Å². The fraction of sp³-hybridized carbons (Fsp3) is 0.111. The molecule has 138 valence electrons. The molecule has 3 aromatic rings. The summed E-state index contributed by atoms with van der Waals surface area (Å²) in [7, 11) is 0. The molecule has 1 heterocycles. The van der Waals surface area contributed by atoms with E-state index >= 15 is 0 Å². The number of carbonyl (C=O) groups is 1. The number of aryl methyl sites for hydroxylation is 1. The van der Waals surface area contributed by atoms with Gasteiger partial charge in [-0.15, -0.1) is 0 Å². The van der Waals surface area contributed by atoms with Gasteiger partial charge >= 0.3 is 6.16 Å². The van der Waals surface area contributed by atoms with Gasteiger partial charge in [-0.2, -0.15) is 0 Å². The van der Waals surface area contributed by atoms with E-state index < -0.39 is 11.1 Å². The first-order valence-electron chi connectivity index (χ1n) is 7.74. The molecule has 3 rings (SSSR count). The van der Waals surface area contributed by atoms with Crippen molar-refractivity contribution in [3.8, 4) is 17.0 Å². The number of non-ortho nitro benzene ring substituents is 1. The minimum absolute atomic E-state index is 0.0907. The van der Waals surface area contributed by atoms with Crippen LogP contribution in [0.2, 0.25) is 0 Å². The quantitative estimate of drug-likeness (QED) is 0.240. The Hall–Kier alpha value is -3.20. The van der Waals surface area contributed by atoms with Gasteiger partial charge in [-0.1, -0.05) is 33.2 Å². The Labute approximate surface area is 162 Å². The summed E-state index contributed by atoms with van der Waals surface area (Å²) >= 11 is 3.37. The lowest BCUT2D eigenvalue weighted by molar-refractivity contribution is -0.384. The Balaban J connectivity index is 1.66. The zero-order valence-corrected chi connectivity index (χ0v) is 15.6. The van der Waals surface area contributed by atoms with Crippen molar-refractivity contribution < 1.29 is 23.7 Å². The molecule has 0 spiro atoms. The van der Waals surface area contributed by atoms with Gasteiger partial charge in [0.1, 0.15) is 23.8 Å². The van der Waals surface area contributed by atoms with Crippen molar-refractivity contribution in [3.63, 3.8) is 0 Å². The highest BCUT2D eigenvalue weighted by Gasteiger charge is 2.17. The summed E-state index contributed by atoms with van der Waals surface area (Å²) in [5, 5.41) is 14.6. The van der Waals surface area contributed by atoms with Gasteiger partial charge in [0.25, 0.3) is 5.69 Å². The number of rotatable bonds is 5. The molecular formula is C18H13BrN2O6. The van der Waals surface area contributed by atoms with Crippen LogP contribution in [0, 0.1) is 17.0 Å². The minimum atomic E-state index is -0.939. The predicted molar refractivity (Wildman–Crippen MR) is 98.3 cm³/mol. The average molecular weight is 433 g/mol. The normalized spacial score (nSPS) is 10.4. The van der Waals surface area contributed by atoms with Crippen LogP contribution in [-0.4, -0.2) is 16.2 Å². The minimum Gasteiger partial charge on any atom is -0.429 e. The second kappa shape index (κ2) is 8.00. The maximum absolute atomic E-state index is 11.9. The van der Waals surface area contributed by atoms with Crippen LogP contribution in [-0.2, 0) is 11.3 Å². The first-order chi connectivity index (χ1) is 12.9. The summed E-state index contributed by atoms with van der Waals surface area (Å²) in [4.78, 5) is 22.0. The molecule has 27 heavy (non-hydrogen) atoms. The lowest BCUT2D eigenvalue weighted by atomic mass is 10.1. The third-order valence-corrected chi connectivity index (χ3v) is 4.21. The van der Waals surface area contributed by atoms with Gasteiger partial charge in [-0.05, 0) is 31.2 Å². The average Bonchev–Trinajstić information content (AvgIpc) is 3.01. The molecule has 0 aliphatic heterocycles. The van der Waals surface area contributed by atoms with Crippen LogP contribution < -0.4 is 4.74 Å². The summed E-state index contributed by atoms with van der Waals surface area (Å²) in [6.07, 6.45) is -0.939. The highest BCUT2D eigenvalue weighted by Crippen LogP contribution is 2.27. The van der Waals surface area contributed by atoms with Crippen LogP contribution in [0.1, 0.15) is 11.3 Å². The molecule has 0 aliphatic rings. The van der Waals surface area contributed by atoms with Crippen molar-refractivity contribution >= 4 is 27.8 Å². The molecule has 8 nitrogen and oxygen atoms in total. The second-order valence-electron chi connectivity index (χ2n) is 5.46. The highest BCUT2D eigenvalue weighted by molar-refractivity contribution is 9.10.